The van der Waals surface area contributed by atoms with Crippen LogP contribution in [0.3, 0.4) is 0 Å². The zero-order valence-electron chi connectivity index (χ0n) is 11.2. The predicted octanol–water partition coefficient (Wildman–Crippen LogP) is 2.53. The number of carbonyl (C=O) groups is 1. The fourth-order valence-corrected chi connectivity index (χ4v) is 5.85. The van der Waals surface area contributed by atoms with Gasteiger partial charge in [-0.05, 0) is 25.3 Å². The molecule has 1 aromatic heterocycles. The highest BCUT2D eigenvalue weighted by atomic mass is 32.2. The Labute approximate surface area is 126 Å². The van der Waals surface area contributed by atoms with Crippen LogP contribution in [0.1, 0.15) is 19.3 Å². The minimum Gasteiger partial charge on any atom is -0.480 e. The van der Waals surface area contributed by atoms with Crippen LogP contribution < -0.4 is 0 Å². The molecule has 0 saturated carbocycles. The quantitative estimate of drug-likeness (QED) is 0.941. The van der Waals surface area contributed by atoms with Crippen LogP contribution in [0, 0.1) is 0 Å². The average Bonchev–Trinajstić information content (AvgIpc) is 2.92. The lowest BCUT2D eigenvalue weighted by Crippen LogP contribution is -2.47. The first-order valence-electron chi connectivity index (χ1n) is 6.72. The van der Waals surface area contributed by atoms with Gasteiger partial charge in [0.2, 0.25) is 10.0 Å². The zero-order valence-corrected chi connectivity index (χ0v) is 12.9. The third-order valence-electron chi connectivity index (χ3n) is 3.77. The second-order valence-corrected chi connectivity index (χ2v) is 7.83. The summed E-state index contributed by atoms with van der Waals surface area (Å²) in [6.45, 7) is 0.267. The molecule has 1 saturated heterocycles. The van der Waals surface area contributed by atoms with E-state index in [9.17, 15) is 18.3 Å². The third-order valence-corrected chi connectivity index (χ3v) is 6.83. The minimum absolute atomic E-state index is 0.219. The number of piperidine rings is 1. The molecule has 112 valence electrons. The molecule has 1 fully saturated rings. The van der Waals surface area contributed by atoms with E-state index in [1.807, 2.05) is 12.1 Å². The van der Waals surface area contributed by atoms with Crippen molar-refractivity contribution in [3.05, 3.63) is 29.6 Å². The number of hydrogen-bond acceptors (Lipinski definition) is 4. The molecule has 1 aliphatic rings. The van der Waals surface area contributed by atoms with Crippen LogP contribution in [-0.2, 0) is 14.8 Å². The van der Waals surface area contributed by atoms with E-state index < -0.39 is 22.0 Å². The van der Waals surface area contributed by atoms with Crippen LogP contribution in [0.15, 0.2) is 34.5 Å². The number of sulfonamides is 1. The first kappa shape index (κ1) is 14.5. The molecule has 0 spiro atoms. The molecule has 7 heteroatoms. The second kappa shape index (κ2) is 5.40. The molecular formula is C14H15NO4S2. The maximum absolute atomic E-state index is 12.8. The maximum Gasteiger partial charge on any atom is 0.322 e. The average molecular weight is 325 g/mol. The molecule has 0 radical (unpaired) electrons. The molecule has 1 aromatic carbocycles. The molecule has 0 amide bonds. The zero-order chi connectivity index (χ0) is 15.0. The van der Waals surface area contributed by atoms with Crippen molar-refractivity contribution in [2.24, 2.45) is 0 Å². The maximum atomic E-state index is 12.8. The smallest absolute Gasteiger partial charge is 0.322 e. The fraction of sp³-hybridized carbons (Fsp3) is 0.357. The molecule has 5 nitrogen and oxygen atoms in total. The van der Waals surface area contributed by atoms with Gasteiger partial charge in [-0.3, -0.25) is 4.79 Å². The lowest BCUT2D eigenvalue weighted by molar-refractivity contribution is -0.142. The van der Waals surface area contributed by atoms with Gasteiger partial charge < -0.3 is 5.11 Å². The second-order valence-electron chi connectivity index (χ2n) is 5.06. The molecule has 2 heterocycles. The van der Waals surface area contributed by atoms with Crippen LogP contribution >= 0.6 is 11.3 Å². The van der Waals surface area contributed by atoms with Gasteiger partial charge in [-0.15, -0.1) is 11.3 Å². The van der Waals surface area contributed by atoms with Crippen molar-refractivity contribution in [1.82, 2.24) is 4.31 Å². The SMILES string of the molecule is O=C(O)C1CCCCN1S(=O)(=O)c1csc2ccccc12. The summed E-state index contributed by atoms with van der Waals surface area (Å²) in [6, 6.07) is 6.32. The fourth-order valence-electron chi connectivity index (χ4n) is 2.72. The van der Waals surface area contributed by atoms with Crippen molar-refractivity contribution in [3.8, 4) is 0 Å². The van der Waals surface area contributed by atoms with Gasteiger partial charge in [0, 0.05) is 22.0 Å². The first-order chi connectivity index (χ1) is 10.0. The summed E-state index contributed by atoms with van der Waals surface area (Å²) in [5.74, 6) is -1.07. The number of thiophene rings is 1. The predicted molar refractivity (Wildman–Crippen MR) is 81.0 cm³/mol. The number of carboxylic acids is 1. The number of nitrogens with zero attached hydrogens (tertiary/aromatic N) is 1. The van der Waals surface area contributed by atoms with Gasteiger partial charge in [-0.2, -0.15) is 4.31 Å². The summed E-state index contributed by atoms with van der Waals surface area (Å²) in [5, 5.41) is 11.5. The van der Waals surface area contributed by atoms with E-state index in [-0.39, 0.29) is 11.4 Å². The van der Waals surface area contributed by atoms with Gasteiger partial charge in [0.15, 0.2) is 0 Å². The Bertz CT molecular complexity index is 781. The Morgan fingerprint density at radius 3 is 2.81 bits per heavy atom. The highest BCUT2D eigenvalue weighted by Gasteiger charge is 2.38. The Morgan fingerprint density at radius 2 is 2.05 bits per heavy atom. The lowest BCUT2D eigenvalue weighted by Gasteiger charge is -2.31. The van der Waals surface area contributed by atoms with E-state index in [2.05, 4.69) is 0 Å². The number of carboxylic acid groups (broad SMARTS) is 1. The largest absolute Gasteiger partial charge is 0.480 e. The molecule has 1 unspecified atom stereocenters. The normalized spacial score (nSPS) is 20.7. The van der Waals surface area contributed by atoms with Gasteiger partial charge in [0.05, 0.1) is 0 Å². The van der Waals surface area contributed by atoms with Crippen molar-refractivity contribution >= 4 is 37.4 Å². The van der Waals surface area contributed by atoms with Crippen LogP contribution in [0.2, 0.25) is 0 Å². The van der Waals surface area contributed by atoms with Crippen molar-refractivity contribution in [3.63, 3.8) is 0 Å². The van der Waals surface area contributed by atoms with Gasteiger partial charge in [-0.1, -0.05) is 18.2 Å². The van der Waals surface area contributed by atoms with Crippen molar-refractivity contribution in [2.45, 2.75) is 30.2 Å². The Balaban J connectivity index is 2.09. The minimum atomic E-state index is -3.78. The van der Waals surface area contributed by atoms with Crippen molar-refractivity contribution in [1.29, 1.82) is 0 Å². The Hall–Kier alpha value is -1.44. The molecule has 21 heavy (non-hydrogen) atoms. The highest BCUT2D eigenvalue weighted by Crippen LogP contribution is 2.33. The summed E-state index contributed by atoms with van der Waals surface area (Å²) in [6.07, 6.45) is 1.81. The van der Waals surface area contributed by atoms with Gasteiger partial charge >= 0.3 is 5.97 Å². The van der Waals surface area contributed by atoms with Crippen molar-refractivity contribution in [2.75, 3.05) is 6.54 Å². The van der Waals surface area contributed by atoms with Gasteiger partial charge in [0.1, 0.15) is 10.9 Å². The molecule has 1 aliphatic heterocycles. The summed E-state index contributed by atoms with van der Waals surface area (Å²) in [4.78, 5) is 11.6. The van der Waals surface area contributed by atoms with E-state index in [0.717, 1.165) is 15.4 Å². The van der Waals surface area contributed by atoms with Crippen LogP contribution in [-0.4, -0.2) is 36.4 Å². The molecule has 1 N–H and O–H groups in total. The Morgan fingerprint density at radius 1 is 1.29 bits per heavy atom. The van der Waals surface area contributed by atoms with Crippen LogP contribution in [0.25, 0.3) is 10.1 Å². The number of rotatable bonds is 3. The standard InChI is InChI=1S/C14H15NO4S2/c16-14(17)11-6-3-4-8-15(11)21(18,19)13-9-20-12-7-2-1-5-10(12)13/h1-2,5,7,9,11H,3-4,6,8H2,(H,16,17). The summed E-state index contributed by atoms with van der Waals surface area (Å²) < 4.78 is 27.7. The molecular weight excluding hydrogens is 310 g/mol. The number of hydrogen-bond donors (Lipinski definition) is 1. The summed E-state index contributed by atoms with van der Waals surface area (Å²) >= 11 is 1.36. The number of fused-ring (bicyclic) bond motifs is 1. The topological polar surface area (TPSA) is 74.7 Å². The Kier molecular flexibility index (Phi) is 3.73. The van der Waals surface area contributed by atoms with E-state index >= 15 is 0 Å². The molecule has 0 bridgehead atoms. The van der Waals surface area contributed by atoms with E-state index in [0.29, 0.717) is 18.2 Å². The molecule has 2 aromatic rings. The first-order valence-corrected chi connectivity index (χ1v) is 9.04. The molecule has 1 atom stereocenters. The number of benzene rings is 1. The van der Waals surface area contributed by atoms with E-state index in [1.165, 1.54) is 11.3 Å². The number of aliphatic carboxylic acids is 1. The lowest BCUT2D eigenvalue weighted by atomic mass is 10.1. The van der Waals surface area contributed by atoms with Crippen molar-refractivity contribution < 1.29 is 18.3 Å². The van der Waals surface area contributed by atoms with E-state index in [1.54, 1.807) is 17.5 Å². The highest BCUT2D eigenvalue weighted by molar-refractivity contribution is 7.89. The van der Waals surface area contributed by atoms with Crippen LogP contribution in [0.5, 0.6) is 0 Å². The van der Waals surface area contributed by atoms with Gasteiger partial charge in [0.25, 0.3) is 0 Å². The summed E-state index contributed by atoms with van der Waals surface area (Å²) in [7, 11) is -3.78. The van der Waals surface area contributed by atoms with Crippen LogP contribution in [0.4, 0.5) is 0 Å². The summed E-state index contributed by atoms with van der Waals surface area (Å²) in [5.41, 5.74) is 0. The van der Waals surface area contributed by atoms with Gasteiger partial charge in [-0.25, -0.2) is 8.42 Å². The molecule has 0 aliphatic carbocycles. The third kappa shape index (κ3) is 2.45. The molecule has 3 rings (SSSR count). The monoisotopic (exact) mass is 325 g/mol. The van der Waals surface area contributed by atoms with E-state index in [4.69, 9.17) is 0 Å².